The van der Waals surface area contributed by atoms with Crippen LogP contribution >= 0.6 is 19.5 Å². The molecular formula is C6H14AgClP. The molecule has 61 valence electrons. The fourth-order valence-corrected chi connectivity index (χ4v) is 2.70. The van der Waals surface area contributed by atoms with Crippen molar-refractivity contribution in [2.75, 3.05) is 24.4 Å². The van der Waals surface area contributed by atoms with E-state index in [1.807, 2.05) is 0 Å². The second-order valence-corrected chi connectivity index (χ2v) is 5.15. The maximum absolute atomic E-state index is 5.57. The van der Waals surface area contributed by atoms with E-state index >= 15 is 0 Å². The van der Waals surface area contributed by atoms with Crippen molar-refractivity contribution >= 4 is 19.5 Å². The van der Waals surface area contributed by atoms with Gasteiger partial charge in [-0.2, -0.15) is 0 Å². The summed E-state index contributed by atoms with van der Waals surface area (Å²) in [5, 5.41) is 0. The standard InChI is InChI=1S/C6H14ClP.Ag/c1-3-8(4-2)6-5-7;/h3-6H2,1-2H3;. The summed E-state index contributed by atoms with van der Waals surface area (Å²) < 4.78 is 0. The largest absolute Gasteiger partial charge is 0.126 e. The smallest absolute Gasteiger partial charge is 0.0262 e. The first-order chi connectivity index (χ1) is 3.85. The number of halogens is 1. The predicted molar refractivity (Wildman–Crippen MR) is 43.6 cm³/mol. The van der Waals surface area contributed by atoms with Crippen molar-refractivity contribution in [1.29, 1.82) is 0 Å². The van der Waals surface area contributed by atoms with Crippen LogP contribution in [0.25, 0.3) is 0 Å². The van der Waals surface area contributed by atoms with Gasteiger partial charge in [-0.25, -0.2) is 0 Å². The average molecular weight is 260 g/mol. The molecule has 0 saturated carbocycles. The van der Waals surface area contributed by atoms with Crippen LogP contribution in [0.1, 0.15) is 13.8 Å². The summed E-state index contributed by atoms with van der Waals surface area (Å²) in [6.07, 6.45) is 3.95. The minimum absolute atomic E-state index is 0. The molecule has 0 aliphatic carbocycles. The molecule has 0 amide bonds. The first-order valence-corrected chi connectivity index (χ1v) is 5.56. The van der Waals surface area contributed by atoms with Crippen LogP contribution in [-0.4, -0.2) is 24.4 Å². The molecule has 0 aromatic rings. The SMILES string of the molecule is CCP(CC)CCCl.[Ag]. The summed E-state index contributed by atoms with van der Waals surface area (Å²) in [4.78, 5) is 0. The van der Waals surface area contributed by atoms with Gasteiger partial charge in [0.15, 0.2) is 0 Å². The Morgan fingerprint density at radius 1 is 1.22 bits per heavy atom. The van der Waals surface area contributed by atoms with E-state index in [2.05, 4.69) is 13.8 Å². The van der Waals surface area contributed by atoms with Gasteiger partial charge in [0.25, 0.3) is 0 Å². The normalized spacial score (nSPS) is 9.33. The number of rotatable bonds is 4. The summed E-state index contributed by atoms with van der Waals surface area (Å²) in [6, 6.07) is 0. The Balaban J connectivity index is 0. The molecule has 1 radical (unpaired) electrons. The average Bonchev–Trinajstić information content (AvgIpc) is 1.83. The summed E-state index contributed by atoms with van der Waals surface area (Å²) >= 11 is 5.57. The van der Waals surface area contributed by atoms with Crippen LogP contribution in [-0.2, 0) is 22.4 Å². The van der Waals surface area contributed by atoms with Crippen LogP contribution in [0.15, 0.2) is 0 Å². The molecule has 9 heavy (non-hydrogen) atoms. The summed E-state index contributed by atoms with van der Waals surface area (Å²) in [6.45, 7) is 4.50. The van der Waals surface area contributed by atoms with Crippen molar-refractivity contribution in [3.05, 3.63) is 0 Å². The second-order valence-electron chi connectivity index (χ2n) is 1.72. The van der Waals surface area contributed by atoms with Crippen LogP contribution in [0.5, 0.6) is 0 Å². The molecule has 0 nitrogen and oxygen atoms in total. The maximum Gasteiger partial charge on any atom is 0.0262 e. The predicted octanol–water partition coefficient (Wildman–Crippen LogP) is 2.74. The van der Waals surface area contributed by atoms with Crippen LogP contribution in [0, 0.1) is 0 Å². The monoisotopic (exact) mass is 259 g/mol. The molecule has 0 aliphatic rings. The van der Waals surface area contributed by atoms with E-state index in [4.69, 9.17) is 11.6 Å². The molecule has 0 fully saturated rings. The van der Waals surface area contributed by atoms with E-state index < -0.39 is 0 Å². The van der Waals surface area contributed by atoms with Gasteiger partial charge in [0.1, 0.15) is 0 Å². The summed E-state index contributed by atoms with van der Waals surface area (Å²) in [5.41, 5.74) is 0. The molecule has 0 aromatic heterocycles. The zero-order valence-electron chi connectivity index (χ0n) is 5.96. The second kappa shape index (κ2) is 9.46. The van der Waals surface area contributed by atoms with E-state index in [0.29, 0.717) is 7.92 Å². The van der Waals surface area contributed by atoms with Gasteiger partial charge in [0.05, 0.1) is 0 Å². The van der Waals surface area contributed by atoms with Crippen molar-refractivity contribution in [2.24, 2.45) is 0 Å². The quantitative estimate of drug-likeness (QED) is 0.414. The Morgan fingerprint density at radius 2 is 1.67 bits per heavy atom. The summed E-state index contributed by atoms with van der Waals surface area (Å²) in [5.74, 6) is 0.855. The molecule has 3 heteroatoms. The molecule has 0 aromatic carbocycles. The van der Waals surface area contributed by atoms with Crippen molar-refractivity contribution in [2.45, 2.75) is 13.8 Å². The van der Waals surface area contributed by atoms with Gasteiger partial charge in [0, 0.05) is 28.3 Å². The zero-order chi connectivity index (χ0) is 6.41. The van der Waals surface area contributed by atoms with E-state index in [9.17, 15) is 0 Å². The maximum atomic E-state index is 5.57. The van der Waals surface area contributed by atoms with Crippen LogP contribution in [0.2, 0.25) is 0 Å². The number of alkyl halides is 1. The third kappa shape index (κ3) is 7.36. The molecule has 0 N–H and O–H groups in total. The molecule has 0 heterocycles. The van der Waals surface area contributed by atoms with Gasteiger partial charge >= 0.3 is 0 Å². The van der Waals surface area contributed by atoms with Crippen LogP contribution < -0.4 is 0 Å². The first kappa shape index (κ1) is 13.1. The molecule has 0 atom stereocenters. The third-order valence-corrected chi connectivity index (χ3v) is 4.39. The van der Waals surface area contributed by atoms with Crippen molar-refractivity contribution in [3.8, 4) is 0 Å². The number of hydrogen-bond donors (Lipinski definition) is 0. The van der Waals surface area contributed by atoms with Crippen molar-refractivity contribution < 1.29 is 22.4 Å². The van der Waals surface area contributed by atoms with E-state index in [-0.39, 0.29) is 22.4 Å². The molecule has 0 spiro atoms. The molecule has 0 unspecified atom stereocenters. The Morgan fingerprint density at radius 3 is 1.78 bits per heavy atom. The topological polar surface area (TPSA) is 0 Å². The Labute approximate surface area is 80.0 Å². The first-order valence-electron chi connectivity index (χ1n) is 3.13. The zero-order valence-corrected chi connectivity index (χ0v) is 9.09. The fourth-order valence-electron chi connectivity index (χ4n) is 0.659. The molecule has 0 saturated heterocycles. The van der Waals surface area contributed by atoms with E-state index in [1.165, 1.54) is 18.5 Å². The van der Waals surface area contributed by atoms with Gasteiger partial charge < -0.3 is 0 Å². The van der Waals surface area contributed by atoms with E-state index in [0.717, 1.165) is 5.88 Å². The number of hydrogen-bond acceptors (Lipinski definition) is 0. The molecular weight excluding hydrogens is 246 g/mol. The Hall–Kier alpha value is 1.46. The minimum Gasteiger partial charge on any atom is -0.126 e. The third-order valence-electron chi connectivity index (χ3n) is 1.30. The van der Waals surface area contributed by atoms with Crippen LogP contribution in [0.4, 0.5) is 0 Å². The van der Waals surface area contributed by atoms with Crippen molar-refractivity contribution in [1.82, 2.24) is 0 Å². The Bertz CT molecular complexity index is 48.3. The van der Waals surface area contributed by atoms with Gasteiger partial charge in [-0.1, -0.05) is 13.8 Å². The van der Waals surface area contributed by atoms with Crippen LogP contribution in [0.3, 0.4) is 0 Å². The van der Waals surface area contributed by atoms with Gasteiger partial charge in [-0.05, 0) is 18.5 Å². The molecule has 0 rings (SSSR count). The van der Waals surface area contributed by atoms with Gasteiger partial charge in [0.2, 0.25) is 0 Å². The van der Waals surface area contributed by atoms with Gasteiger partial charge in [-0.15, -0.1) is 19.5 Å². The minimum atomic E-state index is 0. The van der Waals surface area contributed by atoms with Gasteiger partial charge in [-0.3, -0.25) is 0 Å². The van der Waals surface area contributed by atoms with E-state index in [1.54, 1.807) is 0 Å². The fraction of sp³-hybridized carbons (Fsp3) is 1.00. The Kier molecular flexibility index (Phi) is 13.7. The summed E-state index contributed by atoms with van der Waals surface area (Å²) in [7, 11) is 0.312. The molecule has 0 aliphatic heterocycles. The molecule has 0 bridgehead atoms. The van der Waals surface area contributed by atoms with Crippen molar-refractivity contribution in [3.63, 3.8) is 0 Å².